The number of hydrogen-bond donors (Lipinski definition) is 0. The molecule has 1 heterocycles. The van der Waals surface area contributed by atoms with E-state index in [0.29, 0.717) is 16.3 Å². The zero-order valence-electron chi connectivity index (χ0n) is 12.6. The van der Waals surface area contributed by atoms with Gasteiger partial charge in [-0.25, -0.2) is 8.42 Å². The molecule has 120 valence electrons. The number of halogens is 1. The van der Waals surface area contributed by atoms with Crippen molar-refractivity contribution in [2.24, 2.45) is 0 Å². The van der Waals surface area contributed by atoms with Crippen LogP contribution in [0.5, 0.6) is 0 Å². The first-order valence-electron chi connectivity index (χ1n) is 7.25. The molecule has 0 radical (unpaired) electrons. The van der Waals surface area contributed by atoms with Crippen LogP contribution in [0.1, 0.15) is 27.9 Å². The number of fused-ring (bicyclic) bond motifs is 1. The maximum atomic E-state index is 12.8. The first-order chi connectivity index (χ1) is 10.9. The van der Waals surface area contributed by atoms with E-state index in [1.807, 2.05) is 31.2 Å². The Bertz CT molecular complexity index is 860. The first-order valence-corrected chi connectivity index (χ1v) is 9.24. The molecule has 23 heavy (non-hydrogen) atoms. The summed E-state index contributed by atoms with van der Waals surface area (Å²) in [5.74, 6) is -0.173. The van der Waals surface area contributed by atoms with Crippen molar-refractivity contribution in [3.8, 4) is 0 Å². The van der Waals surface area contributed by atoms with Crippen LogP contribution in [-0.2, 0) is 15.8 Å². The summed E-state index contributed by atoms with van der Waals surface area (Å²) in [6, 6.07) is 12.1. The third kappa shape index (κ3) is 3.26. The van der Waals surface area contributed by atoms with Gasteiger partial charge in [0.15, 0.2) is 5.78 Å². The third-order valence-electron chi connectivity index (χ3n) is 3.88. The van der Waals surface area contributed by atoms with E-state index in [1.54, 1.807) is 12.1 Å². The molecule has 0 aromatic heterocycles. The zero-order chi connectivity index (χ0) is 16.6. The van der Waals surface area contributed by atoms with Crippen molar-refractivity contribution >= 4 is 33.1 Å². The van der Waals surface area contributed by atoms with E-state index in [0.717, 1.165) is 11.1 Å². The van der Waals surface area contributed by atoms with Gasteiger partial charge in [-0.2, -0.15) is 0 Å². The number of nitrogens with zero attached hydrogens (tertiary/aromatic N) is 1. The van der Waals surface area contributed by atoms with Gasteiger partial charge in [0.25, 0.3) is 0 Å². The summed E-state index contributed by atoms with van der Waals surface area (Å²) >= 11 is 5.93. The highest BCUT2D eigenvalue weighted by Gasteiger charge is 2.31. The summed E-state index contributed by atoms with van der Waals surface area (Å²) < 4.78 is 26.9. The smallest absolute Gasteiger partial charge is 0.239 e. The minimum atomic E-state index is -3.56. The minimum absolute atomic E-state index is 0.0794. The van der Waals surface area contributed by atoms with Gasteiger partial charge in [0.05, 0.1) is 11.4 Å². The van der Waals surface area contributed by atoms with Crippen molar-refractivity contribution in [3.63, 3.8) is 0 Å². The molecule has 0 saturated carbocycles. The van der Waals surface area contributed by atoms with Gasteiger partial charge in [-0.1, -0.05) is 41.4 Å². The van der Waals surface area contributed by atoms with E-state index in [2.05, 4.69) is 0 Å². The van der Waals surface area contributed by atoms with E-state index in [9.17, 15) is 13.2 Å². The Morgan fingerprint density at radius 3 is 2.52 bits per heavy atom. The Morgan fingerprint density at radius 2 is 1.83 bits per heavy atom. The molecular formula is C17H16ClNO3S. The average Bonchev–Trinajstić information content (AvgIpc) is 2.50. The number of ketones is 1. The fourth-order valence-electron chi connectivity index (χ4n) is 2.67. The maximum Gasteiger partial charge on any atom is 0.239 e. The molecule has 3 rings (SSSR count). The number of carbonyl (C=O) groups is 1. The van der Waals surface area contributed by atoms with Crippen LogP contribution in [0.2, 0.25) is 5.02 Å². The van der Waals surface area contributed by atoms with Gasteiger partial charge in [-0.3, -0.25) is 9.10 Å². The minimum Gasteiger partial charge on any atom is -0.294 e. The summed E-state index contributed by atoms with van der Waals surface area (Å²) in [5, 5.41) is 0.426. The van der Waals surface area contributed by atoms with Crippen LogP contribution in [0.4, 0.5) is 5.69 Å². The molecule has 0 unspecified atom stereocenters. The van der Waals surface area contributed by atoms with Gasteiger partial charge in [-0.05, 0) is 30.7 Å². The van der Waals surface area contributed by atoms with Crippen molar-refractivity contribution in [1.29, 1.82) is 0 Å². The van der Waals surface area contributed by atoms with Crippen LogP contribution < -0.4 is 4.31 Å². The lowest BCUT2D eigenvalue weighted by molar-refractivity contribution is 0.0982. The Hall–Kier alpha value is -1.85. The lowest BCUT2D eigenvalue weighted by Gasteiger charge is -2.29. The Balaban J connectivity index is 1.96. The van der Waals surface area contributed by atoms with Gasteiger partial charge in [-0.15, -0.1) is 0 Å². The van der Waals surface area contributed by atoms with E-state index in [-0.39, 0.29) is 24.5 Å². The van der Waals surface area contributed by atoms with Crippen LogP contribution in [0, 0.1) is 6.92 Å². The number of carbonyl (C=O) groups excluding carboxylic acids is 1. The summed E-state index contributed by atoms with van der Waals surface area (Å²) in [6.45, 7) is 2.12. The van der Waals surface area contributed by atoms with Crippen LogP contribution in [0.15, 0.2) is 42.5 Å². The number of sulfonamides is 1. The van der Waals surface area contributed by atoms with Gasteiger partial charge in [0, 0.05) is 23.6 Å². The lowest BCUT2D eigenvalue weighted by atomic mass is 10.0. The summed E-state index contributed by atoms with van der Waals surface area (Å²) in [4.78, 5) is 12.0. The van der Waals surface area contributed by atoms with Crippen molar-refractivity contribution in [2.75, 3.05) is 10.8 Å². The molecule has 6 heteroatoms. The highest BCUT2D eigenvalue weighted by Crippen LogP contribution is 2.32. The number of Topliss-reactive ketones (excluding diaryl/α,β-unsaturated/α-hetero) is 1. The van der Waals surface area contributed by atoms with Crippen molar-refractivity contribution < 1.29 is 13.2 Å². The molecule has 2 aromatic carbocycles. The predicted octanol–water partition coefficient (Wildman–Crippen LogP) is 3.57. The van der Waals surface area contributed by atoms with E-state index in [4.69, 9.17) is 11.6 Å². The number of aryl methyl sites for hydroxylation is 1. The van der Waals surface area contributed by atoms with Gasteiger partial charge in [0.1, 0.15) is 0 Å². The summed E-state index contributed by atoms with van der Waals surface area (Å²) in [7, 11) is -3.56. The molecule has 4 nitrogen and oxygen atoms in total. The molecule has 0 atom stereocenters. The predicted molar refractivity (Wildman–Crippen MR) is 91.5 cm³/mol. The fraction of sp³-hybridized carbons (Fsp3) is 0.235. The Labute approximate surface area is 140 Å². The molecule has 0 aliphatic carbocycles. The highest BCUT2D eigenvalue weighted by atomic mass is 35.5. The molecule has 1 aliphatic rings. The second-order valence-corrected chi connectivity index (χ2v) is 7.98. The van der Waals surface area contributed by atoms with E-state index < -0.39 is 10.0 Å². The largest absolute Gasteiger partial charge is 0.294 e. The van der Waals surface area contributed by atoms with E-state index in [1.165, 1.54) is 10.4 Å². The topological polar surface area (TPSA) is 54.5 Å². The monoisotopic (exact) mass is 349 g/mol. The van der Waals surface area contributed by atoms with Gasteiger partial charge in [0.2, 0.25) is 10.0 Å². The second-order valence-electron chi connectivity index (χ2n) is 5.65. The number of anilines is 1. The van der Waals surface area contributed by atoms with Crippen LogP contribution in [-0.4, -0.2) is 20.7 Å². The van der Waals surface area contributed by atoms with Crippen LogP contribution >= 0.6 is 11.6 Å². The molecule has 0 saturated heterocycles. The maximum absolute atomic E-state index is 12.8. The first kappa shape index (κ1) is 16.0. The standard InChI is InChI=1S/C17H16ClNO3S/c1-12-2-4-13(5-3-12)11-23(21,22)19-9-8-17(20)15-10-14(18)6-7-16(15)19/h2-7,10H,8-9,11H2,1H3. The lowest BCUT2D eigenvalue weighted by Crippen LogP contribution is -2.38. The second kappa shape index (κ2) is 5.98. The number of benzene rings is 2. The Morgan fingerprint density at radius 1 is 1.13 bits per heavy atom. The highest BCUT2D eigenvalue weighted by molar-refractivity contribution is 7.92. The van der Waals surface area contributed by atoms with E-state index >= 15 is 0 Å². The van der Waals surface area contributed by atoms with Gasteiger partial charge >= 0.3 is 0 Å². The molecule has 1 aliphatic heterocycles. The van der Waals surface area contributed by atoms with Crippen molar-refractivity contribution in [2.45, 2.75) is 19.1 Å². The van der Waals surface area contributed by atoms with Crippen LogP contribution in [0.3, 0.4) is 0 Å². The fourth-order valence-corrected chi connectivity index (χ4v) is 4.44. The zero-order valence-corrected chi connectivity index (χ0v) is 14.2. The molecule has 0 amide bonds. The SMILES string of the molecule is Cc1ccc(CS(=O)(=O)N2CCC(=O)c3cc(Cl)ccc32)cc1. The average molecular weight is 350 g/mol. The molecule has 0 N–H and O–H groups in total. The van der Waals surface area contributed by atoms with Crippen LogP contribution in [0.25, 0.3) is 0 Å². The quantitative estimate of drug-likeness (QED) is 0.851. The molecule has 0 bridgehead atoms. The number of hydrogen-bond acceptors (Lipinski definition) is 3. The molecular weight excluding hydrogens is 334 g/mol. The summed E-state index contributed by atoms with van der Waals surface area (Å²) in [5.41, 5.74) is 2.59. The number of rotatable bonds is 3. The molecule has 2 aromatic rings. The normalized spacial score (nSPS) is 14.7. The van der Waals surface area contributed by atoms with Crippen molar-refractivity contribution in [3.05, 3.63) is 64.2 Å². The summed E-state index contributed by atoms with van der Waals surface area (Å²) in [6.07, 6.45) is 0.167. The Kier molecular flexibility index (Phi) is 4.17. The van der Waals surface area contributed by atoms with Crippen molar-refractivity contribution in [1.82, 2.24) is 0 Å². The third-order valence-corrected chi connectivity index (χ3v) is 5.86. The van der Waals surface area contributed by atoms with Gasteiger partial charge < -0.3 is 0 Å². The molecule has 0 spiro atoms. The molecule has 0 fully saturated rings.